The first-order chi connectivity index (χ1) is 9.11. The van der Waals surface area contributed by atoms with Crippen molar-refractivity contribution in [3.63, 3.8) is 0 Å². The van der Waals surface area contributed by atoms with Crippen LogP contribution in [0, 0.1) is 5.92 Å². The van der Waals surface area contributed by atoms with Crippen LogP contribution in [-0.2, 0) is 16.0 Å². The summed E-state index contributed by atoms with van der Waals surface area (Å²) in [6, 6.07) is 5.28. The molecule has 2 rings (SSSR count). The molecule has 0 spiro atoms. The van der Waals surface area contributed by atoms with Crippen LogP contribution < -0.4 is 5.32 Å². The van der Waals surface area contributed by atoms with E-state index in [-0.39, 0.29) is 12.0 Å². The van der Waals surface area contributed by atoms with E-state index >= 15 is 0 Å². The standard InChI is InChI=1S/C14H17Cl2NO2/c1-19-14(18)13(10-2-3-10)17-7-6-9-4-5-11(15)8-12(9)16/h4-5,8,10,13,17H,2-3,6-7H2,1H3. The minimum absolute atomic E-state index is 0.176. The number of hydrogen-bond acceptors (Lipinski definition) is 3. The Bertz CT molecular complexity index is 461. The van der Waals surface area contributed by atoms with Gasteiger partial charge in [0.2, 0.25) is 0 Å². The Hall–Kier alpha value is -0.770. The largest absolute Gasteiger partial charge is 0.468 e. The van der Waals surface area contributed by atoms with Gasteiger partial charge in [0.05, 0.1) is 7.11 Å². The lowest BCUT2D eigenvalue weighted by atomic mass is 10.1. The number of benzene rings is 1. The number of carbonyl (C=O) groups excluding carboxylic acids is 1. The Kier molecular flexibility index (Phi) is 5.08. The number of nitrogens with one attached hydrogen (secondary N) is 1. The van der Waals surface area contributed by atoms with Gasteiger partial charge < -0.3 is 10.1 Å². The van der Waals surface area contributed by atoms with Crippen molar-refractivity contribution in [1.82, 2.24) is 5.32 Å². The van der Waals surface area contributed by atoms with Gasteiger partial charge in [0.25, 0.3) is 0 Å². The first-order valence-corrected chi connectivity index (χ1v) is 7.12. The molecule has 1 fully saturated rings. The number of esters is 1. The van der Waals surface area contributed by atoms with Crippen molar-refractivity contribution >= 4 is 29.2 Å². The van der Waals surface area contributed by atoms with Gasteiger partial charge in [0, 0.05) is 16.6 Å². The highest BCUT2D eigenvalue weighted by Gasteiger charge is 2.36. The van der Waals surface area contributed by atoms with Gasteiger partial charge in [-0.05, 0) is 42.9 Å². The van der Waals surface area contributed by atoms with Gasteiger partial charge >= 0.3 is 5.97 Å². The highest BCUT2D eigenvalue weighted by Crippen LogP contribution is 2.33. The molecule has 0 aromatic heterocycles. The molecular weight excluding hydrogens is 285 g/mol. The molecule has 1 aromatic rings. The van der Waals surface area contributed by atoms with Crippen molar-refractivity contribution in [2.24, 2.45) is 5.92 Å². The zero-order valence-corrected chi connectivity index (χ0v) is 12.3. The molecule has 1 atom stereocenters. The van der Waals surface area contributed by atoms with Crippen molar-refractivity contribution < 1.29 is 9.53 Å². The molecule has 5 heteroatoms. The smallest absolute Gasteiger partial charge is 0.323 e. The molecule has 1 saturated carbocycles. The van der Waals surface area contributed by atoms with E-state index in [1.165, 1.54) is 7.11 Å². The van der Waals surface area contributed by atoms with Gasteiger partial charge in [-0.25, -0.2) is 0 Å². The van der Waals surface area contributed by atoms with Gasteiger partial charge in [-0.1, -0.05) is 29.3 Å². The number of carbonyl (C=O) groups is 1. The SMILES string of the molecule is COC(=O)C(NCCc1ccc(Cl)cc1Cl)C1CC1. The molecule has 0 aliphatic heterocycles. The molecule has 1 unspecified atom stereocenters. The lowest BCUT2D eigenvalue weighted by Crippen LogP contribution is -2.40. The molecule has 1 aromatic carbocycles. The summed E-state index contributed by atoms with van der Waals surface area (Å²) in [6.45, 7) is 0.692. The lowest BCUT2D eigenvalue weighted by Gasteiger charge is -2.15. The maximum absolute atomic E-state index is 11.6. The van der Waals surface area contributed by atoms with Gasteiger partial charge in [-0.3, -0.25) is 4.79 Å². The molecule has 1 aliphatic rings. The summed E-state index contributed by atoms with van der Waals surface area (Å²) in [7, 11) is 1.43. The Morgan fingerprint density at radius 2 is 2.21 bits per heavy atom. The number of ether oxygens (including phenoxy) is 1. The average Bonchev–Trinajstić information content (AvgIpc) is 3.20. The number of rotatable bonds is 6. The summed E-state index contributed by atoms with van der Waals surface area (Å²) < 4.78 is 4.81. The van der Waals surface area contributed by atoms with Gasteiger partial charge in [-0.2, -0.15) is 0 Å². The molecule has 0 radical (unpaired) electrons. The van der Waals surface area contributed by atoms with Crippen molar-refractivity contribution in [2.75, 3.05) is 13.7 Å². The Balaban J connectivity index is 1.86. The number of halogens is 2. The molecule has 3 nitrogen and oxygen atoms in total. The molecule has 19 heavy (non-hydrogen) atoms. The predicted molar refractivity (Wildman–Crippen MR) is 76.7 cm³/mol. The van der Waals surface area contributed by atoms with Gasteiger partial charge in [0.15, 0.2) is 0 Å². The van der Waals surface area contributed by atoms with E-state index in [1.54, 1.807) is 6.07 Å². The fraction of sp³-hybridized carbons (Fsp3) is 0.500. The highest BCUT2D eigenvalue weighted by atomic mass is 35.5. The zero-order chi connectivity index (χ0) is 13.8. The minimum Gasteiger partial charge on any atom is -0.468 e. The summed E-state index contributed by atoms with van der Waals surface area (Å²) in [5.74, 6) is 0.248. The van der Waals surface area contributed by atoms with E-state index in [0.29, 0.717) is 22.5 Å². The average molecular weight is 302 g/mol. The quantitative estimate of drug-likeness (QED) is 0.821. The molecule has 0 heterocycles. The van der Waals surface area contributed by atoms with E-state index in [4.69, 9.17) is 27.9 Å². The van der Waals surface area contributed by atoms with Crippen LogP contribution in [-0.4, -0.2) is 25.7 Å². The summed E-state index contributed by atoms with van der Waals surface area (Å²) in [6.07, 6.45) is 2.94. The second-order valence-corrected chi connectivity index (χ2v) is 5.62. The predicted octanol–water partition coefficient (Wildman–Crippen LogP) is 3.08. The zero-order valence-electron chi connectivity index (χ0n) is 10.8. The second-order valence-electron chi connectivity index (χ2n) is 4.78. The van der Waals surface area contributed by atoms with E-state index in [9.17, 15) is 4.79 Å². The van der Waals surface area contributed by atoms with Crippen LogP contribution in [0.4, 0.5) is 0 Å². The third kappa shape index (κ3) is 4.10. The van der Waals surface area contributed by atoms with E-state index < -0.39 is 0 Å². The van der Waals surface area contributed by atoms with Crippen LogP contribution in [0.2, 0.25) is 10.0 Å². The van der Waals surface area contributed by atoms with Crippen LogP contribution in [0.3, 0.4) is 0 Å². The third-order valence-electron chi connectivity index (χ3n) is 3.32. The van der Waals surface area contributed by atoms with Crippen molar-refractivity contribution in [3.8, 4) is 0 Å². The Labute approximate surface area is 123 Å². The Morgan fingerprint density at radius 1 is 1.47 bits per heavy atom. The van der Waals surface area contributed by atoms with E-state index in [0.717, 1.165) is 24.8 Å². The first-order valence-electron chi connectivity index (χ1n) is 6.37. The monoisotopic (exact) mass is 301 g/mol. The lowest BCUT2D eigenvalue weighted by molar-refractivity contribution is -0.143. The van der Waals surface area contributed by atoms with Gasteiger partial charge in [0.1, 0.15) is 6.04 Å². The Morgan fingerprint density at radius 3 is 2.79 bits per heavy atom. The minimum atomic E-state index is -0.184. The highest BCUT2D eigenvalue weighted by molar-refractivity contribution is 6.35. The normalized spacial score (nSPS) is 16.2. The molecule has 1 aliphatic carbocycles. The van der Waals surface area contributed by atoms with E-state index in [1.807, 2.05) is 12.1 Å². The third-order valence-corrected chi connectivity index (χ3v) is 3.91. The van der Waals surface area contributed by atoms with Crippen LogP contribution in [0.25, 0.3) is 0 Å². The molecule has 0 saturated heterocycles. The van der Waals surface area contributed by atoms with E-state index in [2.05, 4.69) is 5.32 Å². The summed E-state index contributed by atoms with van der Waals surface area (Å²) >= 11 is 12.0. The summed E-state index contributed by atoms with van der Waals surface area (Å²) in [5.41, 5.74) is 1.03. The maximum atomic E-state index is 11.6. The fourth-order valence-electron chi connectivity index (χ4n) is 2.09. The van der Waals surface area contributed by atoms with Gasteiger partial charge in [-0.15, -0.1) is 0 Å². The maximum Gasteiger partial charge on any atom is 0.323 e. The van der Waals surface area contributed by atoms with Crippen LogP contribution in [0.5, 0.6) is 0 Å². The van der Waals surface area contributed by atoms with Crippen molar-refractivity contribution in [3.05, 3.63) is 33.8 Å². The molecule has 0 amide bonds. The molecule has 104 valence electrons. The molecule has 0 bridgehead atoms. The van der Waals surface area contributed by atoms with Crippen LogP contribution in [0.15, 0.2) is 18.2 Å². The number of methoxy groups -OCH3 is 1. The molecular formula is C14H17Cl2NO2. The fourth-order valence-corrected chi connectivity index (χ4v) is 2.59. The van der Waals surface area contributed by atoms with Crippen LogP contribution in [0.1, 0.15) is 18.4 Å². The second kappa shape index (κ2) is 6.60. The van der Waals surface area contributed by atoms with Crippen LogP contribution >= 0.6 is 23.2 Å². The van der Waals surface area contributed by atoms with Crippen molar-refractivity contribution in [1.29, 1.82) is 0 Å². The molecule has 1 N–H and O–H groups in total. The van der Waals surface area contributed by atoms with Crippen molar-refractivity contribution in [2.45, 2.75) is 25.3 Å². The topological polar surface area (TPSA) is 38.3 Å². The summed E-state index contributed by atoms with van der Waals surface area (Å²) in [4.78, 5) is 11.6. The first kappa shape index (κ1) is 14.6. The number of hydrogen-bond donors (Lipinski definition) is 1. The summed E-state index contributed by atoms with van der Waals surface area (Å²) in [5, 5.41) is 4.55.